The Morgan fingerprint density at radius 1 is 1.24 bits per heavy atom. The van der Waals surface area contributed by atoms with Crippen LogP contribution in [0.3, 0.4) is 0 Å². The van der Waals surface area contributed by atoms with Crippen molar-refractivity contribution in [3.63, 3.8) is 0 Å². The first-order chi connectivity index (χ1) is 13.9. The van der Waals surface area contributed by atoms with Crippen molar-refractivity contribution >= 4 is 23.2 Å². The van der Waals surface area contributed by atoms with E-state index in [-0.39, 0.29) is 12.5 Å². The minimum absolute atomic E-state index is 0.0518. The minimum Gasteiger partial charge on any atom is -0.381 e. The average molecular weight is 426 g/mol. The van der Waals surface area contributed by atoms with Gasteiger partial charge in [-0.05, 0) is 25.3 Å². The minimum atomic E-state index is -3.16. The lowest BCUT2D eigenvalue weighted by Crippen LogP contribution is -2.55. The molecular weight excluding hydrogens is 404 g/mol. The molecule has 2 aliphatic rings. The number of aromatic nitrogens is 3. The number of halogens is 3. The highest BCUT2D eigenvalue weighted by Crippen LogP contribution is 2.37. The second-order valence-corrected chi connectivity index (χ2v) is 7.82. The van der Waals surface area contributed by atoms with Crippen molar-refractivity contribution < 1.29 is 18.3 Å². The maximum absolute atomic E-state index is 15.0. The number of carbonyl (C=O) groups is 1. The van der Waals surface area contributed by atoms with Crippen LogP contribution in [0.1, 0.15) is 19.3 Å². The Labute approximate surface area is 172 Å². The molecule has 29 heavy (non-hydrogen) atoms. The number of hydrogen-bond donors (Lipinski definition) is 1. The number of nitrogens with one attached hydrogen (secondary N) is 1. The Bertz CT molecular complexity index is 872. The molecule has 0 aliphatic carbocycles. The zero-order valence-electron chi connectivity index (χ0n) is 15.7. The van der Waals surface area contributed by atoms with E-state index in [4.69, 9.17) is 16.3 Å². The second kappa shape index (κ2) is 8.23. The van der Waals surface area contributed by atoms with Crippen LogP contribution in [-0.4, -0.2) is 58.9 Å². The third kappa shape index (κ3) is 4.35. The second-order valence-electron chi connectivity index (χ2n) is 7.39. The Balaban J connectivity index is 1.49. The molecule has 0 bridgehead atoms. The summed E-state index contributed by atoms with van der Waals surface area (Å²) in [4.78, 5) is 18.2. The van der Waals surface area contributed by atoms with E-state index in [1.807, 2.05) is 0 Å². The standard InChI is InChI=1S/C19H22ClF2N5O2/c20-13-9-24-27(11-13)16-1-5-23-10-17(16)26-6-2-15(19(21,22)12-26)18(28)25-14-3-7-29-8-4-14/h1,5,9-11,14-15H,2-4,6-8,12H2,(H,25,28). The summed E-state index contributed by atoms with van der Waals surface area (Å²) in [6.45, 7) is 0.837. The lowest BCUT2D eigenvalue weighted by molar-refractivity contribution is -0.142. The fourth-order valence-corrected chi connectivity index (χ4v) is 4.00. The van der Waals surface area contributed by atoms with Gasteiger partial charge in [-0.1, -0.05) is 11.6 Å². The van der Waals surface area contributed by atoms with Crippen molar-refractivity contribution in [2.75, 3.05) is 31.2 Å². The molecule has 2 aromatic rings. The Hall–Kier alpha value is -2.26. The monoisotopic (exact) mass is 425 g/mol. The molecule has 4 heterocycles. The maximum Gasteiger partial charge on any atom is 0.276 e. The fraction of sp³-hybridized carbons (Fsp3) is 0.526. The van der Waals surface area contributed by atoms with Gasteiger partial charge in [0.2, 0.25) is 5.91 Å². The molecule has 1 atom stereocenters. The SMILES string of the molecule is O=C(NC1CCOCC1)C1CCN(c2cnccc2-n2cc(Cl)cn2)CC1(F)F. The van der Waals surface area contributed by atoms with Gasteiger partial charge < -0.3 is 15.0 Å². The molecule has 4 rings (SSSR count). The van der Waals surface area contributed by atoms with Crippen LogP contribution < -0.4 is 10.2 Å². The van der Waals surface area contributed by atoms with E-state index in [0.717, 1.165) is 0 Å². The number of nitrogens with zero attached hydrogens (tertiary/aromatic N) is 4. The Morgan fingerprint density at radius 3 is 2.72 bits per heavy atom. The zero-order valence-corrected chi connectivity index (χ0v) is 16.5. The number of anilines is 1. The Kier molecular flexibility index (Phi) is 5.69. The quantitative estimate of drug-likeness (QED) is 0.815. The highest BCUT2D eigenvalue weighted by molar-refractivity contribution is 6.30. The van der Waals surface area contributed by atoms with E-state index in [1.165, 1.54) is 17.1 Å². The molecule has 2 fully saturated rings. The average Bonchev–Trinajstić information content (AvgIpc) is 3.14. The van der Waals surface area contributed by atoms with Gasteiger partial charge in [0.05, 0.1) is 35.3 Å². The summed E-state index contributed by atoms with van der Waals surface area (Å²) < 4.78 is 36.7. The molecule has 0 saturated carbocycles. The number of amides is 1. The van der Waals surface area contributed by atoms with Gasteiger partial charge in [-0.2, -0.15) is 5.10 Å². The largest absolute Gasteiger partial charge is 0.381 e. The van der Waals surface area contributed by atoms with Crippen molar-refractivity contribution in [2.24, 2.45) is 5.92 Å². The molecule has 1 N–H and O–H groups in total. The number of ether oxygens (including phenoxy) is 1. The summed E-state index contributed by atoms with van der Waals surface area (Å²) in [5.74, 6) is -5.09. The van der Waals surface area contributed by atoms with Crippen LogP contribution in [0.5, 0.6) is 0 Å². The molecule has 1 unspecified atom stereocenters. The van der Waals surface area contributed by atoms with Crippen molar-refractivity contribution in [3.8, 4) is 5.69 Å². The molecule has 0 aromatic carbocycles. The summed E-state index contributed by atoms with van der Waals surface area (Å²) in [6, 6.07) is 1.60. The third-order valence-corrected chi connectivity index (χ3v) is 5.59. The summed E-state index contributed by atoms with van der Waals surface area (Å²) in [5, 5.41) is 7.38. The van der Waals surface area contributed by atoms with Crippen molar-refractivity contribution in [3.05, 3.63) is 35.9 Å². The smallest absolute Gasteiger partial charge is 0.276 e. The highest BCUT2D eigenvalue weighted by atomic mass is 35.5. The number of hydrogen-bond acceptors (Lipinski definition) is 5. The van der Waals surface area contributed by atoms with Crippen LogP contribution in [0.15, 0.2) is 30.9 Å². The van der Waals surface area contributed by atoms with Crippen LogP contribution in [0, 0.1) is 5.92 Å². The van der Waals surface area contributed by atoms with Gasteiger partial charge in [-0.25, -0.2) is 13.5 Å². The van der Waals surface area contributed by atoms with Crippen molar-refractivity contribution in [2.45, 2.75) is 31.2 Å². The van der Waals surface area contributed by atoms with Crippen molar-refractivity contribution in [1.29, 1.82) is 0 Å². The summed E-state index contributed by atoms with van der Waals surface area (Å²) in [6.07, 6.45) is 7.55. The molecule has 2 aliphatic heterocycles. The summed E-state index contributed by atoms with van der Waals surface area (Å²) in [7, 11) is 0. The van der Waals surface area contributed by atoms with E-state index in [2.05, 4.69) is 15.4 Å². The molecule has 2 saturated heterocycles. The van der Waals surface area contributed by atoms with Gasteiger partial charge in [0.1, 0.15) is 5.92 Å². The van der Waals surface area contributed by atoms with Gasteiger partial charge >= 0.3 is 0 Å². The molecule has 0 spiro atoms. The summed E-state index contributed by atoms with van der Waals surface area (Å²) >= 11 is 5.94. The first-order valence-electron chi connectivity index (χ1n) is 9.59. The Morgan fingerprint density at radius 2 is 2.03 bits per heavy atom. The van der Waals surface area contributed by atoms with Gasteiger partial charge in [0.25, 0.3) is 5.92 Å². The predicted octanol–water partition coefficient (Wildman–Crippen LogP) is 2.68. The molecule has 0 radical (unpaired) electrons. The maximum atomic E-state index is 15.0. The van der Waals surface area contributed by atoms with Crippen LogP contribution in [-0.2, 0) is 9.53 Å². The van der Waals surface area contributed by atoms with Crippen LogP contribution in [0.4, 0.5) is 14.5 Å². The number of rotatable bonds is 4. The third-order valence-electron chi connectivity index (χ3n) is 5.40. The normalized spacial score (nSPS) is 22.4. The van der Waals surface area contributed by atoms with E-state index in [1.54, 1.807) is 23.4 Å². The number of piperidine rings is 1. The highest BCUT2D eigenvalue weighted by Gasteiger charge is 2.49. The number of carbonyl (C=O) groups excluding carboxylic acids is 1. The first kappa shape index (κ1) is 20.0. The van der Waals surface area contributed by atoms with Gasteiger partial charge in [-0.3, -0.25) is 9.78 Å². The van der Waals surface area contributed by atoms with Gasteiger partial charge in [0.15, 0.2) is 0 Å². The van der Waals surface area contributed by atoms with E-state index in [0.29, 0.717) is 49.0 Å². The van der Waals surface area contributed by atoms with Crippen LogP contribution in [0.2, 0.25) is 5.02 Å². The molecular formula is C19H22ClF2N5O2. The van der Waals surface area contributed by atoms with Crippen LogP contribution in [0.25, 0.3) is 5.69 Å². The topological polar surface area (TPSA) is 72.3 Å². The predicted molar refractivity (Wildman–Crippen MR) is 104 cm³/mol. The van der Waals surface area contributed by atoms with Crippen molar-refractivity contribution in [1.82, 2.24) is 20.1 Å². The van der Waals surface area contributed by atoms with E-state index < -0.39 is 24.3 Å². The number of alkyl halides is 2. The van der Waals surface area contributed by atoms with E-state index in [9.17, 15) is 13.6 Å². The van der Waals surface area contributed by atoms with Gasteiger partial charge in [0, 0.05) is 38.2 Å². The first-order valence-corrected chi connectivity index (χ1v) is 9.97. The van der Waals surface area contributed by atoms with Crippen LogP contribution >= 0.6 is 11.6 Å². The zero-order chi connectivity index (χ0) is 20.4. The van der Waals surface area contributed by atoms with Gasteiger partial charge in [-0.15, -0.1) is 0 Å². The lowest BCUT2D eigenvalue weighted by Gasteiger charge is -2.39. The molecule has 156 valence electrons. The molecule has 2 aromatic heterocycles. The van der Waals surface area contributed by atoms with E-state index >= 15 is 0 Å². The number of pyridine rings is 1. The molecule has 7 nitrogen and oxygen atoms in total. The molecule has 1 amide bonds. The summed E-state index contributed by atoms with van der Waals surface area (Å²) in [5.41, 5.74) is 1.13. The molecule has 10 heteroatoms. The fourth-order valence-electron chi connectivity index (χ4n) is 3.86. The lowest BCUT2D eigenvalue weighted by atomic mass is 9.91.